The zero-order valence-electron chi connectivity index (χ0n) is 18.2. The van der Waals surface area contributed by atoms with E-state index in [0.717, 1.165) is 6.42 Å². The number of aliphatic hydroxyl groups excluding tert-OH is 1. The summed E-state index contributed by atoms with van der Waals surface area (Å²) in [5, 5.41) is 11.6. The van der Waals surface area contributed by atoms with E-state index >= 15 is 0 Å². The zero-order chi connectivity index (χ0) is 21.6. The smallest absolute Gasteiger partial charge is 0.313 e. The Morgan fingerprint density at radius 3 is 2.30 bits per heavy atom. The summed E-state index contributed by atoms with van der Waals surface area (Å²) in [4.78, 5) is 12.6. The van der Waals surface area contributed by atoms with Crippen LogP contribution in [0.3, 0.4) is 0 Å². The van der Waals surface area contributed by atoms with Crippen molar-refractivity contribution in [2.24, 2.45) is 5.41 Å². The minimum atomic E-state index is -0.633. The molecule has 0 aliphatic rings. The van der Waals surface area contributed by atoms with Crippen LogP contribution in [0.25, 0.3) is 10.8 Å². The Bertz CT molecular complexity index is 966. The van der Waals surface area contributed by atoms with Crippen molar-refractivity contribution in [3.05, 3.63) is 83.9 Å². The molecular weight excluding hydrogens is 372 g/mol. The molecule has 3 aromatic rings. The van der Waals surface area contributed by atoms with Gasteiger partial charge in [-0.2, -0.15) is 0 Å². The van der Waals surface area contributed by atoms with Gasteiger partial charge < -0.3 is 9.84 Å². The third-order valence-electron chi connectivity index (χ3n) is 6.42. The van der Waals surface area contributed by atoms with Crippen molar-refractivity contribution in [3.8, 4) is 0 Å². The second-order valence-electron chi connectivity index (χ2n) is 8.53. The minimum absolute atomic E-state index is 0.212. The van der Waals surface area contributed by atoms with Gasteiger partial charge in [-0.1, -0.05) is 86.6 Å². The standard InChI is InChI=1S/C27H32O3/c1-4-27(3,26(29)30-19-28)18-25(21-10-6-5-7-11-21)16-20(2)23-15-14-22-12-8-9-13-24(22)17-23/h5-15,17,20,25,28H,4,16,18-19H2,1-3H3. The highest BCUT2D eigenvalue weighted by molar-refractivity contribution is 5.83. The van der Waals surface area contributed by atoms with Gasteiger partial charge >= 0.3 is 5.97 Å². The number of carbonyl (C=O) groups is 1. The number of aliphatic hydroxyl groups is 1. The van der Waals surface area contributed by atoms with E-state index in [4.69, 9.17) is 9.84 Å². The summed E-state index contributed by atoms with van der Waals surface area (Å²) in [5.41, 5.74) is 1.92. The van der Waals surface area contributed by atoms with E-state index in [9.17, 15) is 4.79 Å². The van der Waals surface area contributed by atoms with Crippen molar-refractivity contribution in [1.82, 2.24) is 0 Å². The summed E-state index contributed by atoms with van der Waals surface area (Å²) in [7, 11) is 0. The van der Waals surface area contributed by atoms with Gasteiger partial charge in [0.15, 0.2) is 6.79 Å². The number of benzene rings is 3. The Morgan fingerprint density at radius 1 is 0.967 bits per heavy atom. The molecule has 1 N–H and O–H groups in total. The van der Waals surface area contributed by atoms with Gasteiger partial charge in [0.05, 0.1) is 5.41 Å². The number of rotatable bonds is 9. The molecule has 3 unspecified atom stereocenters. The maximum Gasteiger partial charge on any atom is 0.313 e. The van der Waals surface area contributed by atoms with E-state index in [1.54, 1.807) is 0 Å². The van der Waals surface area contributed by atoms with E-state index in [-0.39, 0.29) is 11.9 Å². The van der Waals surface area contributed by atoms with Crippen LogP contribution in [0.5, 0.6) is 0 Å². The van der Waals surface area contributed by atoms with Gasteiger partial charge in [-0.15, -0.1) is 0 Å². The first kappa shape index (κ1) is 22.0. The summed E-state index contributed by atoms with van der Waals surface area (Å²) in [6, 6.07) is 25.5. The van der Waals surface area contributed by atoms with Gasteiger partial charge in [-0.3, -0.25) is 4.79 Å². The fourth-order valence-corrected chi connectivity index (χ4v) is 4.29. The van der Waals surface area contributed by atoms with E-state index in [2.05, 4.69) is 73.7 Å². The van der Waals surface area contributed by atoms with E-state index in [1.165, 1.54) is 21.9 Å². The molecule has 0 heterocycles. The number of fused-ring (bicyclic) bond motifs is 1. The number of carbonyl (C=O) groups excluding carboxylic acids is 1. The third kappa shape index (κ3) is 5.09. The Labute approximate surface area is 179 Å². The lowest BCUT2D eigenvalue weighted by molar-refractivity contribution is -0.164. The van der Waals surface area contributed by atoms with Crippen molar-refractivity contribution in [2.45, 2.75) is 51.9 Å². The zero-order valence-corrected chi connectivity index (χ0v) is 18.2. The second kappa shape index (κ2) is 9.90. The first-order valence-electron chi connectivity index (χ1n) is 10.8. The molecule has 3 aromatic carbocycles. The summed E-state index contributed by atoms with van der Waals surface area (Å²) >= 11 is 0. The number of esters is 1. The third-order valence-corrected chi connectivity index (χ3v) is 6.42. The van der Waals surface area contributed by atoms with Crippen LogP contribution < -0.4 is 0 Å². The Morgan fingerprint density at radius 2 is 1.63 bits per heavy atom. The fourth-order valence-electron chi connectivity index (χ4n) is 4.29. The molecule has 0 aromatic heterocycles. The SMILES string of the molecule is CCC(C)(CC(CC(C)c1ccc2ccccc2c1)c1ccccc1)C(=O)OCO. The summed E-state index contributed by atoms with van der Waals surface area (Å²) in [6.45, 7) is 5.64. The quantitative estimate of drug-likeness (QED) is 0.331. The highest BCUT2D eigenvalue weighted by Crippen LogP contribution is 2.41. The fraction of sp³-hybridized carbons (Fsp3) is 0.370. The monoisotopic (exact) mass is 404 g/mol. The highest BCUT2D eigenvalue weighted by atomic mass is 16.6. The van der Waals surface area contributed by atoms with Crippen LogP contribution in [0, 0.1) is 5.41 Å². The summed E-state index contributed by atoms with van der Waals surface area (Å²) in [6.07, 6.45) is 2.29. The van der Waals surface area contributed by atoms with E-state index < -0.39 is 12.2 Å². The average Bonchev–Trinajstić information content (AvgIpc) is 2.78. The molecule has 3 heteroatoms. The van der Waals surface area contributed by atoms with Crippen LogP contribution in [-0.2, 0) is 9.53 Å². The lowest BCUT2D eigenvalue weighted by Crippen LogP contribution is -2.32. The lowest BCUT2D eigenvalue weighted by Gasteiger charge is -2.32. The predicted molar refractivity (Wildman–Crippen MR) is 122 cm³/mol. The topological polar surface area (TPSA) is 46.5 Å². The summed E-state index contributed by atoms with van der Waals surface area (Å²) < 4.78 is 4.99. The number of hydrogen-bond donors (Lipinski definition) is 1. The Balaban J connectivity index is 1.87. The second-order valence-corrected chi connectivity index (χ2v) is 8.53. The van der Waals surface area contributed by atoms with Crippen LogP contribution in [-0.4, -0.2) is 17.9 Å². The number of ether oxygens (including phenoxy) is 1. The average molecular weight is 405 g/mol. The summed E-state index contributed by atoms with van der Waals surface area (Å²) in [5.74, 6) is 0.227. The molecule has 0 aliphatic heterocycles. The van der Waals surface area contributed by atoms with Gasteiger partial charge in [0, 0.05) is 0 Å². The van der Waals surface area contributed by atoms with Crippen LogP contribution >= 0.6 is 0 Å². The largest absolute Gasteiger partial charge is 0.438 e. The normalized spacial score (nSPS) is 15.3. The lowest BCUT2D eigenvalue weighted by atomic mass is 9.73. The molecule has 158 valence electrons. The van der Waals surface area contributed by atoms with Crippen molar-refractivity contribution in [2.75, 3.05) is 6.79 Å². The molecular formula is C27H32O3. The predicted octanol–water partition coefficient (Wildman–Crippen LogP) is 6.42. The van der Waals surface area contributed by atoms with Gasteiger partial charge in [-0.05, 0) is 59.9 Å². The molecule has 0 amide bonds. The van der Waals surface area contributed by atoms with Crippen LogP contribution in [0.4, 0.5) is 0 Å². The van der Waals surface area contributed by atoms with Gasteiger partial charge in [-0.25, -0.2) is 0 Å². The molecule has 0 radical (unpaired) electrons. The maximum absolute atomic E-state index is 12.6. The van der Waals surface area contributed by atoms with Crippen molar-refractivity contribution >= 4 is 16.7 Å². The first-order chi connectivity index (χ1) is 14.5. The highest BCUT2D eigenvalue weighted by Gasteiger charge is 2.36. The first-order valence-corrected chi connectivity index (χ1v) is 10.8. The molecule has 3 atom stereocenters. The molecule has 3 rings (SSSR count). The molecule has 0 bridgehead atoms. The molecule has 30 heavy (non-hydrogen) atoms. The van der Waals surface area contributed by atoms with Gasteiger partial charge in [0.25, 0.3) is 0 Å². The van der Waals surface area contributed by atoms with Crippen LogP contribution in [0.2, 0.25) is 0 Å². The Kier molecular flexibility index (Phi) is 7.28. The minimum Gasteiger partial charge on any atom is -0.438 e. The van der Waals surface area contributed by atoms with Gasteiger partial charge in [0.1, 0.15) is 0 Å². The van der Waals surface area contributed by atoms with Crippen molar-refractivity contribution in [3.63, 3.8) is 0 Å². The molecule has 0 spiro atoms. The maximum atomic E-state index is 12.6. The molecule has 0 saturated heterocycles. The Hall–Kier alpha value is -2.65. The van der Waals surface area contributed by atoms with Crippen molar-refractivity contribution in [1.29, 1.82) is 0 Å². The van der Waals surface area contributed by atoms with Crippen LogP contribution in [0.15, 0.2) is 72.8 Å². The molecule has 0 saturated carbocycles. The van der Waals surface area contributed by atoms with Crippen LogP contribution in [0.1, 0.15) is 63.0 Å². The van der Waals surface area contributed by atoms with Gasteiger partial charge in [0.2, 0.25) is 0 Å². The number of hydrogen-bond acceptors (Lipinski definition) is 3. The molecule has 0 aliphatic carbocycles. The van der Waals surface area contributed by atoms with Crippen molar-refractivity contribution < 1.29 is 14.6 Å². The van der Waals surface area contributed by atoms with E-state index in [1.807, 2.05) is 19.9 Å². The molecule has 0 fully saturated rings. The van der Waals surface area contributed by atoms with E-state index in [0.29, 0.717) is 18.8 Å². The molecule has 3 nitrogen and oxygen atoms in total.